The molecule has 5 nitrogen and oxygen atoms in total. The molecule has 0 radical (unpaired) electrons. The second-order valence-electron chi connectivity index (χ2n) is 6.31. The van der Waals surface area contributed by atoms with Crippen molar-refractivity contribution in [3.8, 4) is 0 Å². The van der Waals surface area contributed by atoms with Crippen LogP contribution in [0.3, 0.4) is 0 Å². The van der Waals surface area contributed by atoms with E-state index in [1.807, 2.05) is 12.1 Å². The molecule has 1 saturated heterocycles. The molecule has 1 fully saturated rings. The van der Waals surface area contributed by atoms with Gasteiger partial charge in [0.1, 0.15) is 0 Å². The summed E-state index contributed by atoms with van der Waals surface area (Å²) in [6.07, 6.45) is 6.91. The monoisotopic (exact) mass is 350 g/mol. The zero-order valence-electron chi connectivity index (χ0n) is 14.5. The number of hydrogen-bond donors (Lipinski definition) is 2. The van der Waals surface area contributed by atoms with E-state index in [0.29, 0.717) is 0 Å². The molecule has 1 heterocycles. The minimum atomic E-state index is -1.07. The Balaban J connectivity index is 1.62. The van der Waals surface area contributed by atoms with E-state index in [0.717, 1.165) is 18.7 Å². The van der Waals surface area contributed by atoms with Gasteiger partial charge in [-0.1, -0.05) is 24.3 Å². The van der Waals surface area contributed by atoms with E-state index in [-0.39, 0.29) is 17.2 Å². The van der Waals surface area contributed by atoms with Crippen LogP contribution in [0.25, 0.3) is 6.08 Å². The fourth-order valence-electron chi connectivity index (χ4n) is 3.07. The van der Waals surface area contributed by atoms with E-state index in [1.165, 1.54) is 37.1 Å². The lowest BCUT2D eigenvalue weighted by atomic mass is 10.1. The molecule has 1 amide bonds. The summed E-state index contributed by atoms with van der Waals surface area (Å²) in [5, 5.41) is 11.8. The number of carbonyl (C=O) groups is 2. The van der Waals surface area contributed by atoms with Crippen molar-refractivity contribution in [2.75, 3.05) is 23.3 Å². The standard InChI is InChI=1S/C21H22N2O3/c24-20(22-19-7-3-2-6-18(19)21(25)26)13-10-16-8-11-17(12-9-16)23-14-4-1-5-15-23/h2-3,6-13H,1,4-5,14-15H2,(H,22,24)(H,25,26)/b13-10+. The van der Waals surface area contributed by atoms with Crippen LogP contribution in [0.1, 0.15) is 35.2 Å². The largest absolute Gasteiger partial charge is 0.478 e. The molecular weight excluding hydrogens is 328 g/mol. The smallest absolute Gasteiger partial charge is 0.337 e. The van der Waals surface area contributed by atoms with E-state index in [2.05, 4.69) is 22.3 Å². The van der Waals surface area contributed by atoms with Crippen LogP contribution in [-0.2, 0) is 4.79 Å². The Kier molecular flexibility index (Phi) is 5.69. The molecule has 2 aromatic rings. The first-order valence-electron chi connectivity index (χ1n) is 8.80. The molecule has 2 N–H and O–H groups in total. The van der Waals surface area contributed by atoms with Crippen LogP contribution >= 0.6 is 0 Å². The Labute approximate surface area is 153 Å². The molecule has 0 unspecified atom stereocenters. The summed E-state index contributed by atoms with van der Waals surface area (Å²) in [6, 6.07) is 14.5. The predicted molar refractivity (Wildman–Crippen MR) is 104 cm³/mol. The number of hydrogen-bond acceptors (Lipinski definition) is 3. The zero-order chi connectivity index (χ0) is 18.4. The van der Waals surface area contributed by atoms with Gasteiger partial charge in [0.15, 0.2) is 0 Å². The number of amides is 1. The maximum absolute atomic E-state index is 12.1. The highest BCUT2D eigenvalue weighted by atomic mass is 16.4. The van der Waals surface area contributed by atoms with Gasteiger partial charge in [0, 0.05) is 24.9 Å². The van der Waals surface area contributed by atoms with Crippen LogP contribution < -0.4 is 10.2 Å². The highest BCUT2D eigenvalue weighted by Crippen LogP contribution is 2.20. The van der Waals surface area contributed by atoms with Gasteiger partial charge in [-0.3, -0.25) is 4.79 Å². The van der Waals surface area contributed by atoms with Crippen molar-refractivity contribution in [1.29, 1.82) is 0 Å². The molecule has 0 bridgehead atoms. The maximum atomic E-state index is 12.1. The van der Waals surface area contributed by atoms with Gasteiger partial charge in [0.05, 0.1) is 11.3 Å². The van der Waals surface area contributed by atoms with Crippen molar-refractivity contribution in [1.82, 2.24) is 0 Å². The first kappa shape index (κ1) is 17.7. The summed E-state index contributed by atoms with van der Waals surface area (Å²) in [5.74, 6) is -1.43. The topological polar surface area (TPSA) is 69.6 Å². The SMILES string of the molecule is O=C(/C=C/c1ccc(N2CCCCC2)cc1)Nc1ccccc1C(=O)O. The first-order valence-corrected chi connectivity index (χ1v) is 8.80. The lowest BCUT2D eigenvalue weighted by Crippen LogP contribution is -2.29. The second kappa shape index (κ2) is 8.34. The fraction of sp³-hybridized carbons (Fsp3) is 0.238. The van der Waals surface area contributed by atoms with Crippen molar-refractivity contribution in [2.24, 2.45) is 0 Å². The number of nitrogens with zero attached hydrogens (tertiary/aromatic N) is 1. The number of aromatic carboxylic acids is 1. The van der Waals surface area contributed by atoms with Gasteiger partial charge in [-0.25, -0.2) is 4.79 Å². The van der Waals surface area contributed by atoms with Crippen molar-refractivity contribution in [2.45, 2.75) is 19.3 Å². The highest BCUT2D eigenvalue weighted by molar-refractivity contribution is 6.06. The number of para-hydroxylation sites is 1. The lowest BCUT2D eigenvalue weighted by molar-refractivity contribution is -0.111. The average molecular weight is 350 g/mol. The van der Waals surface area contributed by atoms with Crippen LogP contribution in [0.15, 0.2) is 54.6 Å². The van der Waals surface area contributed by atoms with Crippen molar-refractivity contribution >= 4 is 29.3 Å². The van der Waals surface area contributed by atoms with Crippen LogP contribution in [-0.4, -0.2) is 30.1 Å². The Morgan fingerprint density at radius 2 is 1.65 bits per heavy atom. The van der Waals surface area contributed by atoms with Gasteiger partial charge in [-0.2, -0.15) is 0 Å². The molecule has 1 aliphatic rings. The maximum Gasteiger partial charge on any atom is 0.337 e. The minimum Gasteiger partial charge on any atom is -0.478 e. The van der Waals surface area contributed by atoms with Gasteiger partial charge < -0.3 is 15.3 Å². The number of anilines is 2. The number of rotatable bonds is 5. The van der Waals surface area contributed by atoms with E-state index in [1.54, 1.807) is 24.3 Å². The quantitative estimate of drug-likeness (QED) is 0.799. The number of carbonyl (C=O) groups excluding carboxylic acids is 1. The third-order valence-corrected chi connectivity index (χ3v) is 4.46. The first-order chi connectivity index (χ1) is 12.6. The molecule has 0 aromatic heterocycles. The summed E-state index contributed by atoms with van der Waals surface area (Å²) >= 11 is 0. The third-order valence-electron chi connectivity index (χ3n) is 4.46. The zero-order valence-corrected chi connectivity index (χ0v) is 14.5. The molecule has 26 heavy (non-hydrogen) atoms. The van der Waals surface area contributed by atoms with Gasteiger partial charge in [0.2, 0.25) is 5.91 Å². The van der Waals surface area contributed by atoms with Crippen molar-refractivity contribution < 1.29 is 14.7 Å². The Bertz CT molecular complexity index is 806. The van der Waals surface area contributed by atoms with Gasteiger partial charge in [0.25, 0.3) is 0 Å². The molecule has 0 atom stereocenters. The highest BCUT2D eigenvalue weighted by Gasteiger charge is 2.11. The average Bonchev–Trinajstić information content (AvgIpc) is 2.68. The van der Waals surface area contributed by atoms with E-state index < -0.39 is 5.97 Å². The van der Waals surface area contributed by atoms with E-state index in [4.69, 9.17) is 5.11 Å². The predicted octanol–water partition coefficient (Wildman–Crippen LogP) is 4.03. The van der Waals surface area contributed by atoms with Gasteiger partial charge >= 0.3 is 5.97 Å². The summed E-state index contributed by atoms with van der Waals surface area (Å²) in [7, 11) is 0. The van der Waals surface area contributed by atoms with Crippen LogP contribution in [0, 0.1) is 0 Å². The summed E-state index contributed by atoms with van der Waals surface area (Å²) in [6.45, 7) is 2.20. The van der Waals surface area contributed by atoms with E-state index >= 15 is 0 Å². The molecule has 0 saturated carbocycles. The molecule has 3 rings (SSSR count). The fourth-order valence-corrected chi connectivity index (χ4v) is 3.07. The molecule has 5 heteroatoms. The number of benzene rings is 2. The summed E-state index contributed by atoms with van der Waals surface area (Å²) in [4.78, 5) is 25.6. The number of carboxylic acids is 1. The second-order valence-corrected chi connectivity index (χ2v) is 6.31. The molecule has 0 spiro atoms. The molecule has 134 valence electrons. The third kappa shape index (κ3) is 4.51. The molecule has 0 aliphatic carbocycles. The Hall–Kier alpha value is -3.08. The van der Waals surface area contributed by atoms with Crippen LogP contribution in [0.2, 0.25) is 0 Å². The summed E-state index contributed by atoms with van der Waals surface area (Å²) in [5.41, 5.74) is 2.49. The molecular formula is C21H22N2O3. The molecule has 2 aromatic carbocycles. The van der Waals surface area contributed by atoms with E-state index in [9.17, 15) is 9.59 Å². The van der Waals surface area contributed by atoms with Crippen LogP contribution in [0.4, 0.5) is 11.4 Å². The van der Waals surface area contributed by atoms with Crippen LogP contribution in [0.5, 0.6) is 0 Å². The Morgan fingerprint density at radius 1 is 0.962 bits per heavy atom. The normalized spacial score (nSPS) is 14.4. The minimum absolute atomic E-state index is 0.0696. The van der Waals surface area contributed by atoms with Crippen molar-refractivity contribution in [3.05, 3.63) is 65.7 Å². The van der Waals surface area contributed by atoms with Gasteiger partial charge in [-0.15, -0.1) is 0 Å². The number of piperidine rings is 1. The number of nitrogens with one attached hydrogen (secondary N) is 1. The lowest BCUT2D eigenvalue weighted by Gasteiger charge is -2.28. The summed E-state index contributed by atoms with van der Waals surface area (Å²) < 4.78 is 0. The van der Waals surface area contributed by atoms with Gasteiger partial charge in [-0.05, 0) is 55.2 Å². The number of carboxylic acid groups (broad SMARTS) is 1. The Morgan fingerprint density at radius 3 is 2.35 bits per heavy atom. The van der Waals surface area contributed by atoms with Crippen molar-refractivity contribution in [3.63, 3.8) is 0 Å². The molecule has 1 aliphatic heterocycles.